The van der Waals surface area contributed by atoms with E-state index in [-0.39, 0.29) is 11.8 Å². The van der Waals surface area contributed by atoms with E-state index in [2.05, 4.69) is 0 Å². The summed E-state index contributed by atoms with van der Waals surface area (Å²) in [7, 11) is 0. The van der Waals surface area contributed by atoms with Crippen LogP contribution >= 0.6 is 0 Å². The number of nitriles is 2. The van der Waals surface area contributed by atoms with Crippen LogP contribution in [-0.4, -0.2) is 16.5 Å². The molecule has 0 aromatic heterocycles. The maximum absolute atomic E-state index is 12.0. The minimum atomic E-state index is -0.992. The normalized spacial score (nSPS) is 19.5. The Morgan fingerprint density at radius 3 is 2.25 bits per heavy atom. The Labute approximate surface area is 96.4 Å². The molecule has 1 saturated carbocycles. The van der Waals surface area contributed by atoms with E-state index in [9.17, 15) is 5.21 Å². The molecule has 0 amide bonds. The van der Waals surface area contributed by atoms with Gasteiger partial charge in [-0.2, -0.15) is 15.3 Å². The van der Waals surface area contributed by atoms with Crippen molar-refractivity contribution in [3.05, 3.63) is 5.21 Å². The van der Waals surface area contributed by atoms with Gasteiger partial charge in [0.2, 0.25) is 0 Å². The van der Waals surface area contributed by atoms with Crippen molar-refractivity contribution >= 4 is 5.71 Å². The van der Waals surface area contributed by atoms with Gasteiger partial charge in [-0.1, -0.05) is 6.42 Å². The highest BCUT2D eigenvalue weighted by Gasteiger charge is 2.35. The van der Waals surface area contributed by atoms with E-state index >= 15 is 0 Å². The minimum Gasteiger partial charge on any atom is -0.623 e. The average Bonchev–Trinajstić information content (AvgIpc) is 2.30. The molecule has 1 rings (SSSR count). The molecule has 0 spiro atoms. The van der Waals surface area contributed by atoms with Crippen LogP contribution in [0, 0.1) is 33.3 Å². The molecule has 1 aliphatic rings. The van der Waals surface area contributed by atoms with E-state index in [1.807, 2.05) is 12.1 Å². The second kappa shape index (κ2) is 4.99. The van der Waals surface area contributed by atoms with Gasteiger partial charge in [-0.3, -0.25) is 0 Å². The molecule has 16 heavy (non-hydrogen) atoms. The molecule has 0 atom stereocenters. The Morgan fingerprint density at radius 1 is 1.25 bits per heavy atom. The van der Waals surface area contributed by atoms with Gasteiger partial charge in [0.15, 0.2) is 12.1 Å². The molecular weight excluding hydrogens is 202 g/mol. The first-order valence-corrected chi connectivity index (χ1v) is 5.68. The van der Waals surface area contributed by atoms with Gasteiger partial charge in [0.25, 0.3) is 5.71 Å². The summed E-state index contributed by atoms with van der Waals surface area (Å²) in [6.07, 6.45) is 4.89. The lowest BCUT2D eigenvalue weighted by molar-refractivity contribution is -0.507. The maximum Gasteiger partial charge on any atom is 0.285 e. The molecule has 1 aliphatic carbocycles. The summed E-state index contributed by atoms with van der Waals surface area (Å²) >= 11 is 0. The standard InChI is InChI=1S/C12H17N3O/c1-12(2,9-14)11(8-13)15(16)10-6-4-3-5-7-10/h10H,3-7H2,1-2H3/b15-11+. The van der Waals surface area contributed by atoms with Crippen LogP contribution < -0.4 is 0 Å². The third kappa shape index (κ3) is 2.52. The molecule has 1 fully saturated rings. The van der Waals surface area contributed by atoms with Crippen molar-refractivity contribution in [1.82, 2.24) is 0 Å². The van der Waals surface area contributed by atoms with E-state index in [1.165, 1.54) is 0 Å². The van der Waals surface area contributed by atoms with Gasteiger partial charge in [-0.25, -0.2) is 0 Å². The van der Waals surface area contributed by atoms with Crippen molar-refractivity contribution in [2.75, 3.05) is 0 Å². The van der Waals surface area contributed by atoms with E-state index in [1.54, 1.807) is 13.8 Å². The number of hydrogen-bond donors (Lipinski definition) is 0. The Kier molecular flexibility index (Phi) is 3.90. The molecular formula is C12H17N3O. The molecule has 0 aromatic carbocycles. The lowest BCUT2D eigenvalue weighted by atomic mass is 9.88. The third-order valence-corrected chi connectivity index (χ3v) is 3.10. The van der Waals surface area contributed by atoms with Crippen LogP contribution in [0.3, 0.4) is 0 Å². The van der Waals surface area contributed by atoms with Crippen molar-refractivity contribution in [3.63, 3.8) is 0 Å². The quantitative estimate of drug-likeness (QED) is 0.309. The fourth-order valence-corrected chi connectivity index (χ4v) is 2.02. The summed E-state index contributed by atoms with van der Waals surface area (Å²) in [6.45, 7) is 3.22. The molecule has 0 aromatic rings. The van der Waals surface area contributed by atoms with Crippen molar-refractivity contribution in [2.45, 2.75) is 52.0 Å². The number of nitrogens with zero attached hydrogens (tertiary/aromatic N) is 3. The van der Waals surface area contributed by atoms with Crippen LogP contribution in [0.4, 0.5) is 0 Å². The zero-order valence-corrected chi connectivity index (χ0v) is 9.86. The van der Waals surface area contributed by atoms with Crippen LogP contribution in [0.1, 0.15) is 46.0 Å². The number of hydroxylamine groups is 1. The monoisotopic (exact) mass is 219 g/mol. The topological polar surface area (TPSA) is 73.6 Å². The van der Waals surface area contributed by atoms with Crippen LogP contribution in [0.2, 0.25) is 0 Å². The summed E-state index contributed by atoms with van der Waals surface area (Å²) in [5.74, 6) is 0. The van der Waals surface area contributed by atoms with Crippen LogP contribution in [-0.2, 0) is 0 Å². The van der Waals surface area contributed by atoms with Crippen LogP contribution in [0.25, 0.3) is 0 Å². The van der Waals surface area contributed by atoms with E-state index in [4.69, 9.17) is 10.5 Å². The predicted octanol–water partition coefficient (Wildman–Crippen LogP) is 2.34. The lowest BCUT2D eigenvalue weighted by Crippen LogP contribution is -2.35. The molecule has 4 nitrogen and oxygen atoms in total. The summed E-state index contributed by atoms with van der Waals surface area (Å²) in [4.78, 5) is 0. The van der Waals surface area contributed by atoms with Gasteiger partial charge in [0.1, 0.15) is 5.41 Å². The third-order valence-electron chi connectivity index (χ3n) is 3.10. The first-order valence-electron chi connectivity index (χ1n) is 5.68. The number of rotatable bonds is 2. The fraction of sp³-hybridized carbons (Fsp3) is 0.750. The summed E-state index contributed by atoms with van der Waals surface area (Å²) < 4.78 is 0.780. The number of hydrogen-bond acceptors (Lipinski definition) is 3. The molecule has 0 aliphatic heterocycles. The zero-order valence-electron chi connectivity index (χ0n) is 9.86. The highest BCUT2D eigenvalue weighted by Crippen LogP contribution is 2.23. The maximum atomic E-state index is 12.0. The van der Waals surface area contributed by atoms with E-state index < -0.39 is 5.41 Å². The van der Waals surface area contributed by atoms with Crippen LogP contribution in [0.15, 0.2) is 0 Å². The fourth-order valence-electron chi connectivity index (χ4n) is 2.02. The van der Waals surface area contributed by atoms with E-state index in [0.29, 0.717) is 0 Å². The highest BCUT2D eigenvalue weighted by atomic mass is 16.5. The SMILES string of the molecule is CC(C)(C#N)/C(C#N)=[N+](/[O-])C1CCCCC1. The summed E-state index contributed by atoms with van der Waals surface area (Å²) in [5, 5.41) is 30.0. The molecule has 0 radical (unpaired) electrons. The molecule has 0 unspecified atom stereocenters. The first-order chi connectivity index (χ1) is 7.53. The molecule has 0 N–H and O–H groups in total. The van der Waals surface area contributed by atoms with Gasteiger partial charge in [0, 0.05) is 12.8 Å². The minimum absolute atomic E-state index is 0.0434. The lowest BCUT2D eigenvalue weighted by Gasteiger charge is -2.24. The first kappa shape index (κ1) is 12.5. The van der Waals surface area contributed by atoms with Crippen molar-refractivity contribution in [1.29, 1.82) is 10.5 Å². The second-order valence-corrected chi connectivity index (χ2v) is 4.81. The van der Waals surface area contributed by atoms with Crippen LogP contribution in [0.5, 0.6) is 0 Å². The molecule has 0 bridgehead atoms. The second-order valence-electron chi connectivity index (χ2n) is 4.81. The Balaban J connectivity index is 3.00. The molecule has 4 heteroatoms. The molecule has 86 valence electrons. The van der Waals surface area contributed by atoms with E-state index in [0.717, 1.165) is 36.8 Å². The Hall–Kier alpha value is -1.55. The predicted molar refractivity (Wildman–Crippen MR) is 60.5 cm³/mol. The zero-order chi connectivity index (χ0) is 12.2. The largest absolute Gasteiger partial charge is 0.623 e. The van der Waals surface area contributed by atoms with Gasteiger partial charge in [-0.15, -0.1) is 0 Å². The summed E-state index contributed by atoms with van der Waals surface area (Å²) in [6, 6.07) is 3.79. The Morgan fingerprint density at radius 2 is 1.81 bits per heavy atom. The van der Waals surface area contributed by atoms with Gasteiger partial charge >= 0.3 is 0 Å². The molecule has 0 saturated heterocycles. The van der Waals surface area contributed by atoms with Gasteiger partial charge < -0.3 is 5.21 Å². The molecule has 0 heterocycles. The average molecular weight is 219 g/mol. The highest BCUT2D eigenvalue weighted by molar-refractivity contribution is 6.00. The summed E-state index contributed by atoms with van der Waals surface area (Å²) in [5.41, 5.74) is -0.949. The smallest absolute Gasteiger partial charge is 0.285 e. The van der Waals surface area contributed by atoms with Crippen molar-refractivity contribution in [3.8, 4) is 12.1 Å². The van der Waals surface area contributed by atoms with Crippen molar-refractivity contribution in [2.24, 2.45) is 5.41 Å². The van der Waals surface area contributed by atoms with Gasteiger partial charge in [0.05, 0.1) is 6.07 Å². The Bertz CT molecular complexity index is 365. The van der Waals surface area contributed by atoms with Crippen molar-refractivity contribution < 1.29 is 4.74 Å². The van der Waals surface area contributed by atoms with Gasteiger partial charge in [-0.05, 0) is 26.7 Å².